The van der Waals surface area contributed by atoms with E-state index < -0.39 is 0 Å². The number of para-hydroxylation sites is 2. The van der Waals surface area contributed by atoms with Gasteiger partial charge in [0, 0.05) is 5.69 Å². The van der Waals surface area contributed by atoms with E-state index in [1.807, 2.05) is 37.3 Å². The monoisotopic (exact) mass is 399 g/mol. The molecule has 0 atom stereocenters. The zero-order chi connectivity index (χ0) is 21.3. The Balaban J connectivity index is 1.70. The first-order chi connectivity index (χ1) is 14.5. The molecule has 1 amide bonds. The van der Waals surface area contributed by atoms with Gasteiger partial charge in [-0.15, -0.1) is 0 Å². The van der Waals surface area contributed by atoms with E-state index >= 15 is 0 Å². The molecule has 0 saturated carbocycles. The zero-order valence-corrected chi connectivity index (χ0v) is 17.0. The minimum atomic E-state index is -0.260. The second-order valence-electron chi connectivity index (χ2n) is 6.97. The number of carbonyl (C=O) groups excluding carboxylic acids is 1. The summed E-state index contributed by atoms with van der Waals surface area (Å²) in [6, 6.07) is 19.8. The van der Waals surface area contributed by atoms with Crippen LogP contribution in [-0.4, -0.2) is 22.6 Å². The van der Waals surface area contributed by atoms with E-state index in [4.69, 9.17) is 4.74 Å². The Morgan fingerprint density at radius 3 is 2.50 bits per heavy atom. The first-order valence-electron chi connectivity index (χ1n) is 9.53. The lowest BCUT2D eigenvalue weighted by atomic mass is 10.1. The second-order valence-corrected chi connectivity index (χ2v) is 6.97. The van der Waals surface area contributed by atoms with Crippen molar-refractivity contribution in [1.82, 2.24) is 9.55 Å². The summed E-state index contributed by atoms with van der Waals surface area (Å²) >= 11 is 0. The van der Waals surface area contributed by atoms with Gasteiger partial charge in [-0.25, -0.2) is 4.98 Å². The maximum Gasteiger partial charge on any atom is 0.265 e. The zero-order valence-electron chi connectivity index (χ0n) is 17.0. The van der Waals surface area contributed by atoms with Crippen LogP contribution < -0.4 is 15.6 Å². The Kier molecular flexibility index (Phi) is 5.06. The molecule has 1 heterocycles. The van der Waals surface area contributed by atoms with Crippen molar-refractivity contribution in [2.24, 2.45) is 0 Å². The smallest absolute Gasteiger partial charge is 0.265 e. The van der Waals surface area contributed by atoms with Gasteiger partial charge >= 0.3 is 0 Å². The Hall–Kier alpha value is -3.93. The molecule has 4 aromatic rings. The van der Waals surface area contributed by atoms with Crippen molar-refractivity contribution < 1.29 is 9.53 Å². The third kappa shape index (κ3) is 3.43. The molecule has 0 unspecified atom stereocenters. The summed E-state index contributed by atoms with van der Waals surface area (Å²) < 4.78 is 6.85. The van der Waals surface area contributed by atoms with Gasteiger partial charge in [0.15, 0.2) is 0 Å². The fraction of sp³-hybridized carbons (Fsp3) is 0.125. The van der Waals surface area contributed by atoms with Crippen molar-refractivity contribution >= 4 is 22.5 Å². The lowest BCUT2D eigenvalue weighted by molar-refractivity contribution is 0.102. The predicted molar refractivity (Wildman–Crippen MR) is 118 cm³/mol. The molecule has 1 N–H and O–H groups in total. The fourth-order valence-electron chi connectivity index (χ4n) is 3.50. The number of anilines is 1. The maximum atomic E-state index is 13.0. The number of methoxy groups -OCH3 is 1. The molecule has 1 aromatic heterocycles. The summed E-state index contributed by atoms with van der Waals surface area (Å²) in [5, 5.41) is 3.48. The molecule has 150 valence electrons. The number of nitrogens with one attached hydrogen (secondary N) is 1. The van der Waals surface area contributed by atoms with Crippen molar-refractivity contribution in [3.63, 3.8) is 0 Å². The first kappa shape index (κ1) is 19.4. The minimum absolute atomic E-state index is 0.122. The van der Waals surface area contributed by atoms with Gasteiger partial charge in [0.05, 0.1) is 29.3 Å². The number of aryl methyl sites for hydroxylation is 2. The van der Waals surface area contributed by atoms with Crippen LogP contribution in [0.25, 0.3) is 16.6 Å². The van der Waals surface area contributed by atoms with Crippen LogP contribution in [0.15, 0.2) is 71.5 Å². The van der Waals surface area contributed by atoms with Crippen LogP contribution in [0.4, 0.5) is 5.69 Å². The standard InChI is InChI=1S/C24H21N3O3/c1-15-14-17(27-16(2)25-21-10-6-4-8-18(21)24(27)29)12-13-20(15)26-23(28)19-9-5-7-11-22(19)30-3/h4-14H,1-3H3,(H,26,28). The number of rotatable bonds is 4. The molecule has 0 saturated heterocycles. The molecule has 0 bridgehead atoms. The highest BCUT2D eigenvalue weighted by atomic mass is 16.5. The molecule has 6 nitrogen and oxygen atoms in total. The van der Waals surface area contributed by atoms with Gasteiger partial charge in [0.1, 0.15) is 11.6 Å². The van der Waals surface area contributed by atoms with Crippen molar-refractivity contribution in [2.45, 2.75) is 13.8 Å². The van der Waals surface area contributed by atoms with E-state index in [0.717, 1.165) is 5.56 Å². The molecule has 30 heavy (non-hydrogen) atoms. The molecule has 0 aliphatic heterocycles. The van der Waals surface area contributed by atoms with Crippen molar-refractivity contribution in [2.75, 3.05) is 12.4 Å². The van der Waals surface area contributed by atoms with Crippen molar-refractivity contribution in [3.05, 3.63) is 94.0 Å². The van der Waals surface area contributed by atoms with Crippen LogP contribution >= 0.6 is 0 Å². The van der Waals surface area contributed by atoms with E-state index in [2.05, 4.69) is 10.3 Å². The number of hydrogen-bond acceptors (Lipinski definition) is 4. The number of aromatic nitrogens is 2. The van der Waals surface area contributed by atoms with Crippen molar-refractivity contribution in [1.29, 1.82) is 0 Å². The van der Waals surface area contributed by atoms with E-state index in [9.17, 15) is 9.59 Å². The average Bonchev–Trinajstić information content (AvgIpc) is 2.75. The summed E-state index contributed by atoms with van der Waals surface area (Å²) in [5.41, 5.74) is 3.19. The molecular formula is C24H21N3O3. The molecular weight excluding hydrogens is 378 g/mol. The fourth-order valence-corrected chi connectivity index (χ4v) is 3.50. The second kappa shape index (κ2) is 7.83. The van der Waals surface area contributed by atoms with Crippen LogP contribution in [0.3, 0.4) is 0 Å². The SMILES string of the molecule is COc1ccccc1C(=O)Nc1ccc(-n2c(C)nc3ccccc3c2=O)cc1C. The highest BCUT2D eigenvalue weighted by Crippen LogP contribution is 2.23. The summed E-state index contributed by atoms with van der Waals surface area (Å²) in [4.78, 5) is 30.3. The third-order valence-corrected chi connectivity index (χ3v) is 5.01. The molecule has 4 rings (SSSR count). The number of benzene rings is 3. The molecule has 0 radical (unpaired) electrons. The topological polar surface area (TPSA) is 73.2 Å². The number of carbonyl (C=O) groups is 1. The van der Waals surface area contributed by atoms with Gasteiger partial charge in [0.2, 0.25) is 0 Å². The van der Waals surface area contributed by atoms with Gasteiger partial charge in [-0.05, 0) is 61.9 Å². The molecule has 0 aliphatic carbocycles. The molecule has 0 fully saturated rings. The summed E-state index contributed by atoms with van der Waals surface area (Å²) in [7, 11) is 1.53. The molecule has 0 spiro atoms. The van der Waals surface area contributed by atoms with Gasteiger partial charge in [-0.2, -0.15) is 0 Å². The normalized spacial score (nSPS) is 10.8. The quantitative estimate of drug-likeness (QED) is 0.556. The Bertz CT molecular complexity index is 1330. The molecule has 0 aliphatic rings. The number of fused-ring (bicyclic) bond motifs is 1. The predicted octanol–water partition coefficient (Wildman–Crippen LogP) is 4.26. The summed E-state index contributed by atoms with van der Waals surface area (Å²) in [6.07, 6.45) is 0. The van der Waals surface area contributed by atoms with Gasteiger partial charge in [-0.3, -0.25) is 14.2 Å². The minimum Gasteiger partial charge on any atom is -0.496 e. The van der Waals surface area contributed by atoms with Crippen molar-refractivity contribution in [3.8, 4) is 11.4 Å². The van der Waals surface area contributed by atoms with Gasteiger partial charge in [-0.1, -0.05) is 24.3 Å². The van der Waals surface area contributed by atoms with Crippen LogP contribution in [0.5, 0.6) is 5.75 Å². The Morgan fingerprint density at radius 1 is 1.00 bits per heavy atom. The van der Waals surface area contributed by atoms with Crippen LogP contribution in [0, 0.1) is 13.8 Å². The Morgan fingerprint density at radius 2 is 1.73 bits per heavy atom. The summed E-state index contributed by atoms with van der Waals surface area (Å²) in [5.74, 6) is 0.849. The van der Waals surface area contributed by atoms with Crippen LogP contribution in [-0.2, 0) is 0 Å². The highest BCUT2D eigenvalue weighted by molar-refractivity contribution is 6.06. The number of ether oxygens (including phenoxy) is 1. The molecule has 3 aromatic carbocycles. The van der Waals surface area contributed by atoms with Gasteiger partial charge in [0.25, 0.3) is 11.5 Å². The summed E-state index contributed by atoms with van der Waals surface area (Å²) in [6.45, 7) is 3.69. The first-order valence-corrected chi connectivity index (χ1v) is 9.53. The Labute approximate surface area is 173 Å². The lowest BCUT2D eigenvalue weighted by Crippen LogP contribution is -2.22. The average molecular weight is 399 g/mol. The highest BCUT2D eigenvalue weighted by Gasteiger charge is 2.14. The number of amides is 1. The molecule has 6 heteroatoms. The van der Waals surface area contributed by atoms with E-state index in [1.54, 1.807) is 47.9 Å². The largest absolute Gasteiger partial charge is 0.496 e. The maximum absolute atomic E-state index is 13.0. The van der Waals surface area contributed by atoms with E-state index in [1.165, 1.54) is 7.11 Å². The third-order valence-electron chi connectivity index (χ3n) is 5.01. The van der Waals surface area contributed by atoms with E-state index in [0.29, 0.717) is 39.4 Å². The van der Waals surface area contributed by atoms with Crippen LogP contribution in [0.2, 0.25) is 0 Å². The number of hydrogen-bond donors (Lipinski definition) is 1. The van der Waals surface area contributed by atoms with Crippen LogP contribution in [0.1, 0.15) is 21.7 Å². The van der Waals surface area contributed by atoms with E-state index in [-0.39, 0.29) is 11.5 Å². The number of nitrogens with zero attached hydrogens (tertiary/aromatic N) is 2. The van der Waals surface area contributed by atoms with Gasteiger partial charge < -0.3 is 10.1 Å². The lowest BCUT2D eigenvalue weighted by Gasteiger charge is -2.14.